The third-order valence-corrected chi connectivity index (χ3v) is 4.14. The van der Waals surface area contributed by atoms with Gasteiger partial charge in [-0.2, -0.15) is 0 Å². The Bertz CT molecular complexity index is 981. The molecule has 8 heteroatoms. The van der Waals surface area contributed by atoms with E-state index in [0.29, 0.717) is 36.1 Å². The fourth-order valence-corrected chi connectivity index (χ4v) is 2.86. The molecule has 0 bridgehead atoms. The fourth-order valence-electron chi connectivity index (χ4n) is 2.86. The van der Waals surface area contributed by atoms with E-state index >= 15 is 0 Å². The Morgan fingerprint density at radius 2 is 1.96 bits per heavy atom. The normalized spacial score (nSPS) is 18.4. The predicted molar refractivity (Wildman–Crippen MR) is 106 cm³/mol. The van der Waals surface area contributed by atoms with Gasteiger partial charge in [0.15, 0.2) is 12.1 Å². The first-order valence-electron chi connectivity index (χ1n) is 8.63. The van der Waals surface area contributed by atoms with E-state index in [2.05, 4.69) is 15.5 Å². The van der Waals surface area contributed by atoms with Crippen LogP contribution >= 0.6 is 0 Å². The van der Waals surface area contributed by atoms with Crippen LogP contribution in [0.3, 0.4) is 0 Å². The van der Waals surface area contributed by atoms with Crippen molar-refractivity contribution in [3.8, 4) is 5.75 Å². The molecule has 4 rings (SSSR count). The summed E-state index contributed by atoms with van der Waals surface area (Å²) in [5.74, 6) is 1.44. The summed E-state index contributed by atoms with van der Waals surface area (Å²) < 4.78 is 11.2. The Morgan fingerprint density at radius 1 is 1.18 bits per heavy atom. The molecule has 0 fully saturated rings. The van der Waals surface area contributed by atoms with Gasteiger partial charge in [-0.15, -0.1) is 5.10 Å². The number of benzene rings is 2. The number of hydrogen-bond donors (Lipinski definition) is 2. The van der Waals surface area contributed by atoms with Crippen molar-refractivity contribution in [2.24, 2.45) is 10.1 Å². The highest BCUT2D eigenvalue weighted by molar-refractivity contribution is 6.08. The van der Waals surface area contributed by atoms with Crippen LogP contribution in [0.25, 0.3) is 0 Å². The number of hydrazone groups is 1. The Kier molecular flexibility index (Phi) is 4.83. The van der Waals surface area contributed by atoms with Gasteiger partial charge in [0.2, 0.25) is 11.8 Å². The lowest BCUT2D eigenvalue weighted by molar-refractivity contribution is -0.109. The molecular weight excluding hydrogens is 358 g/mol. The van der Waals surface area contributed by atoms with Crippen molar-refractivity contribution in [2.75, 3.05) is 18.1 Å². The van der Waals surface area contributed by atoms with Crippen LogP contribution < -0.4 is 15.1 Å². The number of amidine groups is 1. The number of aliphatic imine (C=N–C) groups is 1. The van der Waals surface area contributed by atoms with Gasteiger partial charge in [-0.1, -0.05) is 18.2 Å². The van der Waals surface area contributed by atoms with E-state index < -0.39 is 0 Å². The number of aldehydes is 1. The average Bonchev–Trinajstić information content (AvgIpc) is 3.23. The van der Waals surface area contributed by atoms with Crippen LogP contribution in [-0.2, 0) is 9.53 Å². The maximum absolute atomic E-state index is 10.4. The summed E-state index contributed by atoms with van der Waals surface area (Å²) in [7, 11) is 0. The molecule has 140 valence electrons. The molecule has 2 aliphatic heterocycles. The van der Waals surface area contributed by atoms with E-state index in [9.17, 15) is 4.79 Å². The van der Waals surface area contributed by atoms with E-state index in [1.807, 2.05) is 47.4 Å². The van der Waals surface area contributed by atoms with Crippen LogP contribution in [0.5, 0.6) is 5.75 Å². The minimum absolute atomic E-state index is 0.00697. The number of carbonyl (C=O) groups is 1. The van der Waals surface area contributed by atoms with Crippen LogP contribution in [0, 0.1) is 5.41 Å². The second kappa shape index (κ2) is 7.75. The van der Waals surface area contributed by atoms with Gasteiger partial charge in [-0.05, 0) is 36.4 Å². The van der Waals surface area contributed by atoms with Gasteiger partial charge in [0.25, 0.3) is 0 Å². The van der Waals surface area contributed by atoms with Crippen LogP contribution in [0.4, 0.5) is 5.69 Å². The zero-order valence-electron chi connectivity index (χ0n) is 14.8. The Morgan fingerprint density at radius 3 is 2.71 bits per heavy atom. The molecule has 0 amide bonds. The Labute approximate surface area is 161 Å². The smallest absolute Gasteiger partial charge is 0.245 e. The first-order chi connectivity index (χ1) is 13.8. The van der Waals surface area contributed by atoms with Crippen molar-refractivity contribution in [2.45, 2.75) is 0 Å². The average molecular weight is 375 g/mol. The molecule has 0 radical (unpaired) electrons. The maximum atomic E-state index is 10.4. The van der Waals surface area contributed by atoms with Gasteiger partial charge >= 0.3 is 0 Å². The molecule has 2 N–H and O–H groups in total. The minimum atomic E-state index is 0.00697. The Balaban J connectivity index is 1.61. The summed E-state index contributed by atoms with van der Waals surface area (Å²) in [4.78, 5) is 16.4. The van der Waals surface area contributed by atoms with Crippen LogP contribution in [0.15, 0.2) is 76.3 Å². The molecule has 0 spiro atoms. The molecule has 0 aliphatic carbocycles. The first kappa shape index (κ1) is 17.5. The quantitative estimate of drug-likeness (QED) is 0.781. The molecule has 2 aliphatic rings. The highest BCUT2D eigenvalue weighted by Crippen LogP contribution is 2.27. The predicted octanol–water partition coefficient (Wildman–Crippen LogP) is 2.28. The molecule has 28 heavy (non-hydrogen) atoms. The summed E-state index contributed by atoms with van der Waals surface area (Å²) in [6.07, 6.45) is 2.36. The molecule has 2 aromatic rings. The van der Waals surface area contributed by atoms with E-state index in [4.69, 9.17) is 14.9 Å². The lowest BCUT2D eigenvalue weighted by Gasteiger charge is -2.28. The lowest BCUT2D eigenvalue weighted by Crippen LogP contribution is -2.35. The summed E-state index contributed by atoms with van der Waals surface area (Å²) in [6, 6.07) is 16.8. The van der Waals surface area contributed by atoms with Gasteiger partial charge < -0.3 is 14.4 Å². The van der Waals surface area contributed by atoms with E-state index in [1.54, 1.807) is 18.3 Å². The monoisotopic (exact) mass is 375 g/mol. The number of nitrogens with one attached hydrogen (secondary N) is 2. The largest absolute Gasteiger partial charge is 0.486 e. The van der Waals surface area contributed by atoms with E-state index in [1.165, 1.54) is 0 Å². The summed E-state index contributed by atoms with van der Waals surface area (Å²) >= 11 is 0. The zero-order chi connectivity index (χ0) is 19.3. The zero-order valence-corrected chi connectivity index (χ0v) is 14.8. The van der Waals surface area contributed by atoms with E-state index in [0.717, 1.165) is 11.3 Å². The summed E-state index contributed by atoms with van der Waals surface area (Å²) in [5, 5.41) is 12.5. The second-order valence-corrected chi connectivity index (χ2v) is 5.92. The molecule has 0 unspecified atom stereocenters. The van der Waals surface area contributed by atoms with Crippen molar-refractivity contribution >= 4 is 29.9 Å². The van der Waals surface area contributed by atoms with Crippen molar-refractivity contribution in [3.63, 3.8) is 0 Å². The van der Waals surface area contributed by atoms with Crippen molar-refractivity contribution in [1.82, 2.24) is 5.43 Å². The fraction of sp³-hybridized carbons (Fsp3) is 0.100. The number of hydrogen-bond acceptors (Lipinski definition) is 7. The van der Waals surface area contributed by atoms with Gasteiger partial charge in [-0.25, -0.2) is 10.4 Å². The van der Waals surface area contributed by atoms with Crippen LogP contribution in [0.2, 0.25) is 0 Å². The third kappa shape index (κ3) is 3.48. The minimum Gasteiger partial charge on any atom is -0.486 e. The van der Waals surface area contributed by atoms with Crippen molar-refractivity contribution < 1.29 is 14.3 Å². The number of nitrogens with zero attached hydrogens (tertiary/aromatic N) is 3. The maximum Gasteiger partial charge on any atom is 0.245 e. The van der Waals surface area contributed by atoms with E-state index in [-0.39, 0.29) is 12.4 Å². The number of rotatable bonds is 5. The molecule has 2 aromatic carbocycles. The third-order valence-electron chi connectivity index (χ3n) is 4.14. The number of ether oxygens (including phenoxy) is 2. The van der Waals surface area contributed by atoms with Crippen molar-refractivity contribution in [1.29, 1.82) is 5.41 Å². The number of carbonyl (C=O) groups excluding carboxylic acids is 1. The molecule has 0 saturated carbocycles. The molecule has 8 nitrogen and oxygen atoms in total. The van der Waals surface area contributed by atoms with Gasteiger partial charge in [0.05, 0.1) is 6.54 Å². The standard InChI is InChI=1S/C20H17N5O3/c21-18-17(20-24-23-19(28-20)14-4-2-1-3-5-14)25(11-10-22-18)15-6-8-16(9-7-15)27-13-12-26/h1-10,12,21,24H,11,13H2. The second-order valence-electron chi connectivity index (χ2n) is 5.92. The molecule has 0 atom stereocenters. The molecule has 2 heterocycles. The highest BCUT2D eigenvalue weighted by Gasteiger charge is 2.28. The number of anilines is 1. The SMILES string of the molecule is N=C1N=CCN(c2ccc(OCC=O)cc2)C1=C1NN=C(c2ccccc2)O1. The first-order valence-corrected chi connectivity index (χ1v) is 8.63. The van der Waals surface area contributed by atoms with Crippen LogP contribution in [0.1, 0.15) is 5.56 Å². The lowest BCUT2D eigenvalue weighted by atomic mass is 10.2. The summed E-state index contributed by atoms with van der Waals surface area (Å²) in [6.45, 7) is 0.481. The van der Waals surface area contributed by atoms with Crippen LogP contribution in [-0.4, -0.2) is 37.4 Å². The van der Waals surface area contributed by atoms with Crippen molar-refractivity contribution in [3.05, 3.63) is 71.7 Å². The highest BCUT2D eigenvalue weighted by atomic mass is 16.5. The topological polar surface area (TPSA) is 99.4 Å². The molecule has 0 aromatic heterocycles. The molecule has 0 saturated heterocycles. The molecular formula is C20H17N5O3. The van der Waals surface area contributed by atoms with Gasteiger partial charge in [0, 0.05) is 17.5 Å². The summed E-state index contributed by atoms with van der Waals surface area (Å²) in [5.41, 5.74) is 5.02. The van der Waals surface area contributed by atoms with Gasteiger partial charge in [0.1, 0.15) is 18.1 Å². The Hall–Kier alpha value is -3.94. The van der Waals surface area contributed by atoms with Gasteiger partial charge in [-0.3, -0.25) is 10.2 Å².